The van der Waals surface area contributed by atoms with Crippen LogP contribution in [0.1, 0.15) is 20.7 Å². The third-order valence-corrected chi connectivity index (χ3v) is 4.87. The molecular formula is C17H12Cl5N3O3S. The van der Waals surface area contributed by atoms with Crippen LogP contribution in [0.2, 0.25) is 10.0 Å². The number of anilines is 1. The first-order valence-electron chi connectivity index (χ1n) is 7.71. The molecule has 154 valence electrons. The molecule has 0 radical (unpaired) electrons. The van der Waals surface area contributed by atoms with Crippen molar-refractivity contribution in [3.05, 3.63) is 63.6 Å². The van der Waals surface area contributed by atoms with Gasteiger partial charge in [-0.05, 0) is 54.7 Å². The van der Waals surface area contributed by atoms with Gasteiger partial charge in [-0.3, -0.25) is 4.79 Å². The Hall–Kier alpha value is -1.48. The minimum Gasteiger partial charge on any atom is -0.478 e. The number of halogens is 5. The summed E-state index contributed by atoms with van der Waals surface area (Å²) in [6.45, 7) is 0. The van der Waals surface area contributed by atoms with E-state index in [1.54, 1.807) is 0 Å². The maximum atomic E-state index is 12.5. The SMILES string of the molecule is O=C(O)c1ccc(NC(=S)N[C@H](NC(=O)c2ccc(Cl)cc2Cl)C(Cl)(Cl)Cl)cc1. The highest BCUT2D eigenvalue weighted by atomic mass is 35.6. The van der Waals surface area contributed by atoms with Crippen LogP contribution in [-0.4, -0.2) is 32.1 Å². The largest absolute Gasteiger partial charge is 0.478 e. The van der Waals surface area contributed by atoms with Gasteiger partial charge in [0.05, 0.1) is 16.1 Å². The van der Waals surface area contributed by atoms with E-state index in [4.69, 9.17) is 75.3 Å². The van der Waals surface area contributed by atoms with Crippen LogP contribution in [0.4, 0.5) is 5.69 Å². The van der Waals surface area contributed by atoms with Crippen LogP contribution in [0.25, 0.3) is 0 Å². The molecule has 2 aromatic rings. The fraction of sp³-hybridized carbons (Fsp3) is 0.118. The number of aromatic carboxylic acids is 1. The Kier molecular flexibility index (Phi) is 8.22. The van der Waals surface area contributed by atoms with Crippen molar-refractivity contribution >= 4 is 92.9 Å². The zero-order chi connectivity index (χ0) is 21.8. The smallest absolute Gasteiger partial charge is 0.335 e. The number of carbonyl (C=O) groups is 2. The summed E-state index contributed by atoms with van der Waals surface area (Å²) in [5.41, 5.74) is 0.726. The second kappa shape index (κ2) is 10.0. The highest BCUT2D eigenvalue weighted by molar-refractivity contribution is 7.80. The van der Waals surface area contributed by atoms with Crippen LogP contribution in [0, 0.1) is 0 Å². The molecule has 1 atom stereocenters. The Bertz CT molecular complexity index is 935. The topological polar surface area (TPSA) is 90.5 Å². The number of amides is 1. The molecule has 29 heavy (non-hydrogen) atoms. The number of carbonyl (C=O) groups excluding carboxylic acids is 1. The summed E-state index contributed by atoms with van der Waals surface area (Å²) in [7, 11) is 0. The number of rotatable bonds is 5. The maximum Gasteiger partial charge on any atom is 0.335 e. The lowest BCUT2D eigenvalue weighted by Crippen LogP contribution is -2.56. The Balaban J connectivity index is 2.09. The number of thiocarbonyl (C=S) groups is 1. The zero-order valence-electron chi connectivity index (χ0n) is 14.2. The first-order valence-corrected chi connectivity index (χ1v) is 10.0. The van der Waals surface area contributed by atoms with E-state index in [0.29, 0.717) is 10.7 Å². The molecule has 0 aliphatic carbocycles. The Labute approximate surface area is 196 Å². The molecule has 0 unspecified atom stereocenters. The minimum absolute atomic E-state index is 0.0203. The lowest BCUT2D eigenvalue weighted by Gasteiger charge is -2.28. The van der Waals surface area contributed by atoms with E-state index in [-0.39, 0.29) is 21.3 Å². The molecule has 0 aliphatic rings. The van der Waals surface area contributed by atoms with Crippen molar-refractivity contribution in [2.45, 2.75) is 9.96 Å². The standard InChI is InChI=1S/C17H12Cl5N3O3S/c18-9-3-6-11(12(19)7-9)13(26)24-15(17(20,21)22)25-16(29)23-10-4-1-8(2-5-10)14(27)28/h1-7,15H,(H,24,26)(H,27,28)(H2,23,25,29)/t15-/m0/s1. The molecular weight excluding hydrogens is 504 g/mol. The van der Waals surface area contributed by atoms with E-state index in [1.807, 2.05) is 0 Å². The van der Waals surface area contributed by atoms with Gasteiger partial charge in [0.1, 0.15) is 6.17 Å². The van der Waals surface area contributed by atoms with Crippen molar-refractivity contribution in [2.24, 2.45) is 0 Å². The van der Waals surface area contributed by atoms with Gasteiger partial charge in [-0.2, -0.15) is 0 Å². The van der Waals surface area contributed by atoms with E-state index < -0.39 is 21.8 Å². The third-order valence-electron chi connectivity index (χ3n) is 3.44. The second-order valence-electron chi connectivity index (χ2n) is 5.55. The second-order valence-corrected chi connectivity index (χ2v) is 9.17. The molecule has 0 aliphatic heterocycles. The van der Waals surface area contributed by atoms with E-state index in [0.717, 1.165) is 0 Å². The van der Waals surface area contributed by atoms with Gasteiger partial charge in [-0.15, -0.1) is 0 Å². The van der Waals surface area contributed by atoms with Gasteiger partial charge in [-0.25, -0.2) is 4.79 Å². The number of hydrogen-bond donors (Lipinski definition) is 4. The van der Waals surface area contributed by atoms with Crippen LogP contribution < -0.4 is 16.0 Å². The molecule has 0 aromatic heterocycles. The molecule has 6 nitrogen and oxygen atoms in total. The molecule has 0 bridgehead atoms. The van der Waals surface area contributed by atoms with Gasteiger partial charge in [0, 0.05) is 10.7 Å². The molecule has 1 amide bonds. The first kappa shape index (κ1) is 23.8. The van der Waals surface area contributed by atoms with Crippen LogP contribution >= 0.6 is 70.2 Å². The lowest BCUT2D eigenvalue weighted by atomic mass is 10.2. The van der Waals surface area contributed by atoms with Crippen molar-refractivity contribution in [3.63, 3.8) is 0 Å². The van der Waals surface area contributed by atoms with Gasteiger partial charge in [0.15, 0.2) is 5.11 Å². The highest BCUT2D eigenvalue weighted by Crippen LogP contribution is 2.30. The Morgan fingerprint density at radius 2 is 1.62 bits per heavy atom. The van der Waals surface area contributed by atoms with Crippen LogP contribution in [0.3, 0.4) is 0 Å². The van der Waals surface area contributed by atoms with E-state index in [1.165, 1.54) is 42.5 Å². The van der Waals surface area contributed by atoms with E-state index in [2.05, 4.69) is 16.0 Å². The summed E-state index contributed by atoms with van der Waals surface area (Å²) in [5.74, 6) is -1.68. The quantitative estimate of drug-likeness (QED) is 0.252. The first-order chi connectivity index (χ1) is 13.5. The molecule has 4 N–H and O–H groups in total. The average Bonchev–Trinajstić information content (AvgIpc) is 2.60. The number of benzene rings is 2. The van der Waals surface area contributed by atoms with E-state index >= 15 is 0 Å². The van der Waals surface area contributed by atoms with Crippen molar-refractivity contribution < 1.29 is 14.7 Å². The van der Waals surface area contributed by atoms with Gasteiger partial charge in [-0.1, -0.05) is 58.0 Å². The molecule has 0 spiro atoms. The fourth-order valence-electron chi connectivity index (χ4n) is 2.08. The van der Waals surface area contributed by atoms with Gasteiger partial charge in [0.25, 0.3) is 5.91 Å². The number of carboxylic acids is 1. The fourth-order valence-corrected chi connectivity index (χ4v) is 3.13. The zero-order valence-corrected chi connectivity index (χ0v) is 18.8. The van der Waals surface area contributed by atoms with Crippen molar-refractivity contribution in [1.29, 1.82) is 0 Å². The number of nitrogens with one attached hydrogen (secondary N) is 3. The lowest BCUT2D eigenvalue weighted by molar-refractivity contribution is 0.0696. The summed E-state index contributed by atoms with van der Waals surface area (Å²) in [6, 6.07) is 10.1. The Morgan fingerprint density at radius 1 is 1.00 bits per heavy atom. The van der Waals surface area contributed by atoms with Gasteiger partial charge >= 0.3 is 5.97 Å². The van der Waals surface area contributed by atoms with Crippen molar-refractivity contribution in [1.82, 2.24) is 10.6 Å². The number of carboxylic acid groups (broad SMARTS) is 1. The molecule has 0 saturated heterocycles. The van der Waals surface area contributed by atoms with Crippen LogP contribution in [-0.2, 0) is 0 Å². The van der Waals surface area contributed by atoms with Crippen molar-refractivity contribution in [2.75, 3.05) is 5.32 Å². The number of alkyl halides is 3. The van der Waals surface area contributed by atoms with E-state index in [9.17, 15) is 9.59 Å². The predicted octanol–water partition coefficient (Wildman–Crippen LogP) is 5.10. The Morgan fingerprint density at radius 3 is 2.14 bits per heavy atom. The van der Waals surface area contributed by atoms with Gasteiger partial charge < -0.3 is 21.1 Å². The van der Waals surface area contributed by atoms with Crippen LogP contribution in [0.5, 0.6) is 0 Å². The molecule has 2 aromatic carbocycles. The monoisotopic (exact) mass is 513 g/mol. The minimum atomic E-state index is -1.96. The average molecular weight is 516 g/mol. The summed E-state index contributed by atoms with van der Waals surface area (Å²) >= 11 is 34.9. The summed E-state index contributed by atoms with van der Waals surface area (Å²) in [5, 5.41) is 17.4. The highest BCUT2D eigenvalue weighted by Gasteiger charge is 2.35. The molecule has 12 heteroatoms. The molecule has 0 saturated carbocycles. The maximum absolute atomic E-state index is 12.5. The molecule has 2 rings (SSSR count). The molecule has 0 fully saturated rings. The third kappa shape index (κ3) is 7.06. The normalized spacial score (nSPS) is 12.0. The van der Waals surface area contributed by atoms with Crippen LogP contribution in [0.15, 0.2) is 42.5 Å². The van der Waals surface area contributed by atoms with Crippen molar-refractivity contribution in [3.8, 4) is 0 Å². The number of hydrogen-bond acceptors (Lipinski definition) is 3. The van der Waals surface area contributed by atoms with Gasteiger partial charge in [0.2, 0.25) is 3.79 Å². The predicted molar refractivity (Wildman–Crippen MR) is 121 cm³/mol. The summed E-state index contributed by atoms with van der Waals surface area (Å²) in [6.07, 6.45) is -1.22. The molecule has 0 heterocycles. The summed E-state index contributed by atoms with van der Waals surface area (Å²) in [4.78, 5) is 23.4. The summed E-state index contributed by atoms with van der Waals surface area (Å²) < 4.78 is -1.96.